The molecule has 8 nitrogen and oxygen atoms in total. The van der Waals surface area contributed by atoms with Crippen LogP contribution in [0.1, 0.15) is 31.8 Å². The normalized spacial score (nSPS) is 10.6. The smallest absolute Gasteiger partial charge is 0.343 e. The number of ether oxygens (including phenoxy) is 1. The summed E-state index contributed by atoms with van der Waals surface area (Å²) in [5, 5.41) is 14.6. The first kappa shape index (κ1) is 21.8. The van der Waals surface area contributed by atoms with Crippen LogP contribution in [0.5, 0.6) is 5.75 Å². The van der Waals surface area contributed by atoms with Gasteiger partial charge in [0.2, 0.25) is 0 Å². The molecule has 3 aromatic rings. The maximum Gasteiger partial charge on any atom is 0.343 e. The van der Waals surface area contributed by atoms with Crippen LogP contribution < -0.4 is 10.2 Å². The van der Waals surface area contributed by atoms with Crippen molar-refractivity contribution in [2.75, 3.05) is 0 Å². The van der Waals surface area contributed by atoms with E-state index in [0.29, 0.717) is 11.1 Å². The Hall–Kier alpha value is -3.85. The van der Waals surface area contributed by atoms with E-state index in [4.69, 9.17) is 4.74 Å². The van der Waals surface area contributed by atoms with Crippen molar-refractivity contribution in [3.05, 3.63) is 104 Å². The molecule has 0 radical (unpaired) electrons. The molecule has 1 amide bonds. The van der Waals surface area contributed by atoms with Crippen LogP contribution in [0, 0.1) is 17.0 Å². The largest absolute Gasteiger partial charge is 0.422 e. The number of carbonyl (C=O) groups is 2. The molecule has 156 valence electrons. The first-order valence-corrected chi connectivity index (χ1v) is 9.79. The number of benzene rings is 3. The molecule has 0 spiro atoms. The van der Waals surface area contributed by atoms with Gasteiger partial charge in [-0.1, -0.05) is 33.6 Å². The number of nitrogens with zero attached hydrogens (tertiary/aromatic N) is 2. The Morgan fingerprint density at radius 2 is 1.68 bits per heavy atom. The fraction of sp³-hybridized carbons (Fsp3) is 0.0455. The van der Waals surface area contributed by atoms with Gasteiger partial charge in [0, 0.05) is 27.7 Å². The van der Waals surface area contributed by atoms with Crippen molar-refractivity contribution in [2.45, 2.75) is 6.92 Å². The van der Waals surface area contributed by atoms with E-state index in [1.54, 1.807) is 30.3 Å². The minimum absolute atomic E-state index is 0.116. The van der Waals surface area contributed by atoms with E-state index < -0.39 is 16.8 Å². The van der Waals surface area contributed by atoms with Gasteiger partial charge in [-0.3, -0.25) is 14.9 Å². The quantitative estimate of drug-likeness (QED) is 0.181. The van der Waals surface area contributed by atoms with Gasteiger partial charge in [-0.05, 0) is 49.4 Å². The average molecular weight is 482 g/mol. The molecule has 0 heterocycles. The molecule has 0 aliphatic heterocycles. The Morgan fingerprint density at radius 1 is 1.03 bits per heavy atom. The van der Waals surface area contributed by atoms with Crippen molar-refractivity contribution in [1.82, 2.24) is 5.43 Å². The second-order valence-corrected chi connectivity index (χ2v) is 7.36. The lowest BCUT2D eigenvalue weighted by atomic mass is 10.1. The zero-order valence-corrected chi connectivity index (χ0v) is 17.8. The van der Waals surface area contributed by atoms with Gasteiger partial charge >= 0.3 is 5.97 Å². The number of nitro groups is 1. The van der Waals surface area contributed by atoms with Crippen LogP contribution in [-0.4, -0.2) is 23.0 Å². The number of amides is 1. The molecule has 0 aromatic heterocycles. The molecule has 0 fully saturated rings. The zero-order chi connectivity index (χ0) is 22.4. The van der Waals surface area contributed by atoms with Crippen LogP contribution >= 0.6 is 15.9 Å². The predicted octanol–water partition coefficient (Wildman–Crippen LogP) is 4.65. The van der Waals surface area contributed by atoms with E-state index in [2.05, 4.69) is 26.5 Å². The minimum atomic E-state index is -0.549. The first-order valence-electron chi connectivity index (χ1n) is 9.00. The van der Waals surface area contributed by atoms with Crippen molar-refractivity contribution in [3.63, 3.8) is 0 Å². The highest BCUT2D eigenvalue weighted by molar-refractivity contribution is 9.10. The molecule has 3 aromatic carbocycles. The topological polar surface area (TPSA) is 111 Å². The fourth-order valence-corrected chi connectivity index (χ4v) is 2.90. The van der Waals surface area contributed by atoms with Crippen LogP contribution in [0.3, 0.4) is 0 Å². The second-order valence-electron chi connectivity index (χ2n) is 6.44. The Bertz CT molecular complexity index is 1160. The SMILES string of the molecule is Cc1ccc(C(=O)Oc2ccc(Br)cc2C=NNC(=O)c2ccc([N+](=O)[O-])cc2)cc1. The summed E-state index contributed by atoms with van der Waals surface area (Å²) in [6, 6.07) is 17.1. The molecular weight excluding hydrogens is 466 g/mol. The van der Waals surface area contributed by atoms with Crippen molar-refractivity contribution < 1.29 is 19.2 Å². The number of nitrogens with one attached hydrogen (secondary N) is 1. The van der Waals surface area contributed by atoms with E-state index in [9.17, 15) is 19.7 Å². The first-order chi connectivity index (χ1) is 14.8. The third-order valence-corrected chi connectivity index (χ3v) is 4.67. The molecule has 0 aliphatic carbocycles. The molecule has 0 unspecified atom stereocenters. The zero-order valence-electron chi connectivity index (χ0n) is 16.2. The summed E-state index contributed by atoms with van der Waals surface area (Å²) in [5.41, 5.74) is 4.32. The lowest BCUT2D eigenvalue weighted by molar-refractivity contribution is -0.384. The van der Waals surface area contributed by atoms with Gasteiger partial charge in [0.15, 0.2) is 0 Å². The number of nitro benzene ring substituents is 1. The number of rotatable bonds is 6. The third-order valence-electron chi connectivity index (χ3n) is 4.17. The number of carbonyl (C=O) groups excluding carboxylic acids is 2. The summed E-state index contributed by atoms with van der Waals surface area (Å²) >= 11 is 3.35. The summed E-state index contributed by atoms with van der Waals surface area (Å²) < 4.78 is 6.20. The molecule has 0 saturated heterocycles. The highest BCUT2D eigenvalue weighted by Gasteiger charge is 2.12. The number of non-ortho nitro benzene ring substituents is 1. The van der Waals surface area contributed by atoms with Crippen LogP contribution in [0.4, 0.5) is 5.69 Å². The van der Waals surface area contributed by atoms with Gasteiger partial charge in [-0.25, -0.2) is 10.2 Å². The van der Waals surface area contributed by atoms with Crippen LogP contribution in [0.25, 0.3) is 0 Å². The Morgan fingerprint density at radius 3 is 2.32 bits per heavy atom. The summed E-state index contributed by atoms with van der Waals surface area (Å²) in [4.78, 5) is 34.7. The highest BCUT2D eigenvalue weighted by Crippen LogP contribution is 2.23. The minimum Gasteiger partial charge on any atom is -0.422 e. The standard InChI is InChI=1S/C22H16BrN3O5/c1-14-2-4-16(5-3-14)22(28)31-20-11-8-18(23)12-17(20)13-24-25-21(27)15-6-9-19(10-7-15)26(29)30/h2-13H,1H3,(H,25,27). The Balaban J connectivity index is 1.71. The summed E-state index contributed by atoms with van der Waals surface area (Å²) in [6.07, 6.45) is 1.34. The van der Waals surface area contributed by atoms with Gasteiger partial charge in [0.25, 0.3) is 11.6 Å². The van der Waals surface area contributed by atoms with Crippen LogP contribution in [0.15, 0.2) is 76.3 Å². The molecule has 0 bridgehead atoms. The molecule has 9 heteroatoms. The number of hydrogen-bond donors (Lipinski definition) is 1. The van der Waals surface area contributed by atoms with Crippen LogP contribution in [0.2, 0.25) is 0 Å². The van der Waals surface area contributed by atoms with Crippen molar-refractivity contribution in [2.24, 2.45) is 5.10 Å². The summed E-state index contributed by atoms with van der Waals surface area (Å²) in [5.74, 6) is -0.798. The number of hydrazone groups is 1. The highest BCUT2D eigenvalue weighted by atomic mass is 79.9. The molecule has 1 N–H and O–H groups in total. The molecule has 0 saturated carbocycles. The monoisotopic (exact) mass is 481 g/mol. The predicted molar refractivity (Wildman–Crippen MR) is 118 cm³/mol. The number of aryl methyl sites for hydroxylation is 1. The van der Waals surface area contributed by atoms with E-state index >= 15 is 0 Å². The van der Waals surface area contributed by atoms with Crippen molar-refractivity contribution in [3.8, 4) is 5.75 Å². The van der Waals surface area contributed by atoms with Crippen molar-refractivity contribution >= 4 is 39.7 Å². The van der Waals surface area contributed by atoms with Crippen LogP contribution in [-0.2, 0) is 0 Å². The third kappa shape index (κ3) is 5.83. The lowest BCUT2D eigenvalue weighted by Crippen LogP contribution is -2.17. The van der Waals surface area contributed by atoms with E-state index in [-0.39, 0.29) is 17.0 Å². The van der Waals surface area contributed by atoms with Gasteiger partial charge in [-0.15, -0.1) is 0 Å². The molecule has 31 heavy (non-hydrogen) atoms. The lowest BCUT2D eigenvalue weighted by Gasteiger charge is -2.08. The Labute approximate surface area is 185 Å². The van der Waals surface area contributed by atoms with Crippen molar-refractivity contribution in [1.29, 1.82) is 0 Å². The molecule has 0 aliphatic rings. The maximum atomic E-state index is 12.4. The Kier molecular flexibility index (Phi) is 6.88. The van der Waals surface area contributed by atoms with E-state index in [1.165, 1.54) is 30.5 Å². The number of hydrogen-bond acceptors (Lipinski definition) is 6. The fourth-order valence-electron chi connectivity index (χ4n) is 2.52. The molecule has 3 rings (SSSR count). The summed E-state index contributed by atoms with van der Waals surface area (Å²) in [7, 11) is 0. The summed E-state index contributed by atoms with van der Waals surface area (Å²) in [6.45, 7) is 1.92. The molecule has 0 atom stereocenters. The number of halogens is 1. The van der Waals surface area contributed by atoms with E-state index in [0.717, 1.165) is 10.0 Å². The average Bonchev–Trinajstić information content (AvgIpc) is 2.76. The van der Waals surface area contributed by atoms with Gasteiger partial charge in [0.05, 0.1) is 16.7 Å². The van der Waals surface area contributed by atoms with Gasteiger partial charge in [-0.2, -0.15) is 5.10 Å². The molecular formula is C22H16BrN3O5. The van der Waals surface area contributed by atoms with E-state index in [1.807, 2.05) is 19.1 Å². The van der Waals surface area contributed by atoms with Gasteiger partial charge < -0.3 is 4.74 Å². The maximum absolute atomic E-state index is 12.4. The van der Waals surface area contributed by atoms with Gasteiger partial charge in [0.1, 0.15) is 5.75 Å². The number of esters is 1. The second kappa shape index (κ2) is 9.77.